The van der Waals surface area contributed by atoms with Crippen LogP contribution < -0.4 is 5.73 Å². The Morgan fingerprint density at radius 1 is 1.00 bits per heavy atom. The zero-order valence-electron chi connectivity index (χ0n) is 11.2. The van der Waals surface area contributed by atoms with Crippen LogP contribution >= 0.6 is 0 Å². The van der Waals surface area contributed by atoms with E-state index in [0.717, 1.165) is 24.5 Å². The van der Waals surface area contributed by atoms with Crippen molar-refractivity contribution in [3.63, 3.8) is 0 Å². The molecule has 20 heavy (non-hydrogen) atoms. The van der Waals surface area contributed by atoms with Crippen LogP contribution in [0.1, 0.15) is 47.9 Å². The maximum absolute atomic E-state index is 13.9. The molecule has 104 valence electrons. The summed E-state index contributed by atoms with van der Waals surface area (Å²) in [4.78, 5) is 0. The molecule has 1 unspecified atom stereocenters. The second kappa shape index (κ2) is 5.33. The fraction of sp³-hybridized carbons (Fsp3) is 0.294. The summed E-state index contributed by atoms with van der Waals surface area (Å²) >= 11 is 0. The van der Waals surface area contributed by atoms with Crippen LogP contribution in [-0.2, 0) is 0 Å². The largest absolute Gasteiger partial charge is 0.320 e. The molecule has 0 heterocycles. The summed E-state index contributed by atoms with van der Waals surface area (Å²) in [6.07, 6.45) is 3.56. The molecule has 1 aliphatic carbocycles. The molecule has 1 nitrogen and oxygen atoms in total. The first-order valence-corrected chi connectivity index (χ1v) is 6.96. The Bertz CT molecular complexity index is 620. The maximum atomic E-state index is 13.9. The van der Waals surface area contributed by atoms with E-state index in [9.17, 15) is 8.78 Å². The van der Waals surface area contributed by atoms with Crippen LogP contribution in [0.15, 0.2) is 42.5 Å². The van der Waals surface area contributed by atoms with E-state index in [0.29, 0.717) is 11.5 Å². The number of rotatable bonds is 3. The van der Waals surface area contributed by atoms with Crippen molar-refractivity contribution in [2.24, 2.45) is 5.73 Å². The fourth-order valence-corrected chi connectivity index (χ4v) is 2.81. The second-order valence-electron chi connectivity index (χ2n) is 5.40. The first kappa shape index (κ1) is 13.3. The third-order valence-electron chi connectivity index (χ3n) is 4.17. The maximum Gasteiger partial charge on any atom is 0.131 e. The predicted molar refractivity (Wildman–Crippen MR) is 75.4 cm³/mol. The van der Waals surface area contributed by atoms with Crippen LogP contribution in [0.2, 0.25) is 0 Å². The van der Waals surface area contributed by atoms with Crippen molar-refractivity contribution in [3.05, 3.63) is 70.8 Å². The molecule has 0 bridgehead atoms. The quantitative estimate of drug-likeness (QED) is 0.887. The van der Waals surface area contributed by atoms with Crippen molar-refractivity contribution in [1.82, 2.24) is 0 Å². The highest BCUT2D eigenvalue weighted by Gasteiger charge is 2.25. The van der Waals surface area contributed by atoms with E-state index in [4.69, 9.17) is 5.73 Å². The first-order chi connectivity index (χ1) is 9.66. The van der Waals surface area contributed by atoms with Gasteiger partial charge in [-0.1, -0.05) is 36.8 Å². The monoisotopic (exact) mass is 273 g/mol. The van der Waals surface area contributed by atoms with Crippen LogP contribution in [0, 0.1) is 11.6 Å². The van der Waals surface area contributed by atoms with Gasteiger partial charge in [0, 0.05) is 11.6 Å². The lowest BCUT2D eigenvalue weighted by molar-refractivity contribution is 0.416. The Morgan fingerprint density at radius 2 is 1.75 bits per heavy atom. The zero-order chi connectivity index (χ0) is 14.1. The van der Waals surface area contributed by atoms with Crippen molar-refractivity contribution in [1.29, 1.82) is 0 Å². The normalized spacial score (nSPS) is 16.8. The Labute approximate surface area is 117 Å². The molecule has 0 saturated heterocycles. The summed E-state index contributed by atoms with van der Waals surface area (Å²) in [5, 5.41) is 0. The molecule has 3 heteroatoms. The van der Waals surface area contributed by atoms with E-state index >= 15 is 0 Å². The average molecular weight is 273 g/mol. The van der Waals surface area contributed by atoms with Crippen molar-refractivity contribution in [2.75, 3.05) is 0 Å². The molecular formula is C17H17F2N. The lowest BCUT2D eigenvalue weighted by Gasteiger charge is -2.29. The summed E-state index contributed by atoms with van der Waals surface area (Å²) in [6, 6.07) is 11.0. The number of benzene rings is 2. The van der Waals surface area contributed by atoms with Crippen molar-refractivity contribution in [3.8, 4) is 0 Å². The molecule has 2 aromatic rings. The Hall–Kier alpha value is -1.74. The van der Waals surface area contributed by atoms with Crippen molar-refractivity contribution in [2.45, 2.75) is 31.2 Å². The summed E-state index contributed by atoms with van der Waals surface area (Å²) in [5.41, 5.74) is 8.72. The Balaban J connectivity index is 1.99. The van der Waals surface area contributed by atoms with Crippen LogP contribution in [0.3, 0.4) is 0 Å². The number of hydrogen-bond donors (Lipinski definition) is 1. The van der Waals surface area contributed by atoms with Gasteiger partial charge in [-0.2, -0.15) is 0 Å². The first-order valence-electron chi connectivity index (χ1n) is 6.96. The third kappa shape index (κ3) is 2.34. The van der Waals surface area contributed by atoms with Crippen molar-refractivity contribution >= 4 is 0 Å². The lowest BCUT2D eigenvalue weighted by Crippen LogP contribution is -2.19. The van der Waals surface area contributed by atoms with Crippen LogP contribution in [-0.4, -0.2) is 0 Å². The smallest absolute Gasteiger partial charge is 0.131 e. The van der Waals surface area contributed by atoms with E-state index in [-0.39, 0.29) is 0 Å². The van der Waals surface area contributed by atoms with Gasteiger partial charge >= 0.3 is 0 Å². The van der Waals surface area contributed by atoms with Gasteiger partial charge < -0.3 is 5.73 Å². The minimum atomic E-state index is -0.582. The number of halogens is 2. The average Bonchev–Trinajstić information content (AvgIpc) is 2.37. The van der Waals surface area contributed by atoms with Gasteiger partial charge in [0.15, 0.2) is 0 Å². The van der Waals surface area contributed by atoms with Crippen molar-refractivity contribution < 1.29 is 8.78 Å². The molecule has 1 atom stereocenters. The Morgan fingerprint density at radius 3 is 2.40 bits per heavy atom. The van der Waals surface area contributed by atoms with Crippen LogP contribution in [0.25, 0.3) is 0 Å². The predicted octanol–water partition coefficient (Wildman–Crippen LogP) is 4.28. The number of nitrogens with two attached hydrogens (primary N) is 1. The van der Waals surface area contributed by atoms with Gasteiger partial charge in [0.1, 0.15) is 11.6 Å². The molecule has 0 amide bonds. The van der Waals surface area contributed by atoms with E-state index in [1.807, 2.05) is 18.2 Å². The summed E-state index contributed by atoms with van der Waals surface area (Å²) < 4.78 is 26.9. The van der Waals surface area contributed by atoms with Gasteiger partial charge in [-0.05, 0) is 36.0 Å². The van der Waals surface area contributed by atoms with Crippen LogP contribution in [0.5, 0.6) is 0 Å². The third-order valence-corrected chi connectivity index (χ3v) is 4.17. The lowest BCUT2D eigenvalue weighted by atomic mass is 9.76. The zero-order valence-corrected chi connectivity index (χ0v) is 11.2. The topological polar surface area (TPSA) is 26.0 Å². The Kier molecular flexibility index (Phi) is 3.53. The SMILES string of the molecule is NC(c1ccc(F)cc1F)c1ccccc1C1CCC1. The van der Waals surface area contributed by atoms with Crippen LogP contribution in [0.4, 0.5) is 8.78 Å². The molecular weight excluding hydrogens is 256 g/mol. The van der Waals surface area contributed by atoms with Gasteiger partial charge in [0.05, 0.1) is 6.04 Å². The molecule has 1 fully saturated rings. The second-order valence-corrected chi connectivity index (χ2v) is 5.40. The number of hydrogen-bond acceptors (Lipinski definition) is 1. The van der Waals surface area contributed by atoms with E-state index < -0.39 is 17.7 Å². The molecule has 1 aliphatic rings. The highest BCUT2D eigenvalue weighted by atomic mass is 19.1. The molecule has 0 radical (unpaired) electrons. The summed E-state index contributed by atoms with van der Waals surface area (Å²) in [5.74, 6) is -0.632. The van der Waals surface area contributed by atoms with E-state index in [1.54, 1.807) is 0 Å². The molecule has 2 aromatic carbocycles. The molecule has 3 rings (SSSR count). The van der Waals surface area contributed by atoms with E-state index in [2.05, 4.69) is 6.07 Å². The van der Waals surface area contributed by atoms with E-state index in [1.165, 1.54) is 24.1 Å². The van der Waals surface area contributed by atoms with Gasteiger partial charge in [0.25, 0.3) is 0 Å². The standard InChI is InChI=1S/C17H17F2N/c18-12-8-9-15(16(19)10-12)17(20)14-7-2-1-6-13(14)11-4-3-5-11/h1-2,6-11,17H,3-5,20H2. The van der Waals surface area contributed by atoms with Gasteiger partial charge in [-0.15, -0.1) is 0 Å². The minimum absolute atomic E-state index is 0.346. The highest BCUT2D eigenvalue weighted by molar-refractivity contribution is 5.40. The molecule has 2 N–H and O–H groups in total. The molecule has 0 spiro atoms. The molecule has 0 aliphatic heterocycles. The fourth-order valence-electron chi connectivity index (χ4n) is 2.81. The summed E-state index contributed by atoms with van der Waals surface area (Å²) in [6.45, 7) is 0. The highest BCUT2D eigenvalue weighted by Crippen LogP contribution is 2.40. The summed E-state index contributed by atoms with van der Waals surface area (Å²) in [7, 11) is 0. The minimum Gasteiger partial charge on any atom is -0.320 e. The van der Waals surface area contributed by atoms with Gasteiger partial charge in [-0.3, -0.25) is 0 Å². The molecule has 1 saturated carbocycles. The van der Waals surface area contributed by atoms with Gasteiger partial charge in [-0.25, -0.2) is 8.78 Å². The molecule has 0 aromatic heterocycles. The van der Waals surface area contributed by atoms with Gasteiger partial charge in [0.2, 0.25) is 0 Å².